The van der Waals surface area contributed by atoms with E-state index in [4.69, 9.17) is 0 Å². The highest BCUT2D eigenvalue weighted by atomic mass is 35.5. The summed E-state index contributed by atoms with van der Waals surface area (Å²) in [7, 11) is 1.99. The maximum Gasteiger partial charge on any atom is 0.273 e. The normalized spacial score (nSPS) is 14.5. The van der Waals surface area contributed by atoms with Gasteiger partial charge >= 0.3 is 0 Å². The van der Waals surface area contributed by atoms with Crippen molar-refractivity contribution in [2.75, 3.05) is 26.7 Å². The Morgan fingerprint density at radius 2 is 1.88 bits per heavy atom. The van der Waals surface area contributed by atoms with Crippen LogP contribution in [0.4, 0.5) is 0 Å². The zero-order chi connectivity index (χ0) is 16.9. The number of rotatable bonds is 5. The fourth-order valence-electron chi connectivity index (χ4n) is 3.14. The zero-order valence-electron chi connectivity index (χ0n) is 15.2. The van der Waals surface area contributed by atoms with Gasteiger partial charge in [-0.3, -0.25) is 4.79 Å². The van der Waals surface area contributed by atoms with Gasteiger partial charge in [-0.05, 0) is 45.7 Å². The van der Waals surface area contributed by atoms with Crippen molar-refractivity contribution >= 4 is 42.1 Å². The maximum atomic E-state index is 12.7. The second-order valence-corrected chi connectivity index (χ2v) is 7.39. The Bertz CT molecular complexity index is 682. The molecule has 1 fully saturated rings. The van der Waals surface area contributed by atoms with Gasteiger partial charge in [0.25, 0.3) is 5.91 Å². The number of amides is 1. The molecule has 1 aromatic carbocycles. The van der Waals surface area contributed by atoms with Crippen LogP contribution in [0.25, 0.3) is 10.6 Å². The number of benzene rings is 1. The van der Waals surface area contributed by atoms with E-state index >= 15 is 0 Å². The molecular weight excluding hydrogens is 389 g/mol. The number of carbonyl (C=O) groups is 1. The van der Waals surface area contributed by atoms with Gasteiger partial charge in [0.2, 0.25) is 0 Å². The third kappa shape index (κ3) is 5.68. The van der Waals surface area contributed by atoms with Crippen LogP contribution >= 0.6 is 36.2 Å². The van der Waals surface area contributed by atoms with Crippen LogP contribution < -0.4 is 5.32 Å². The summed E-state index contributed by atoms with van der Waals surface area (Å²) in [5.41, 5.74) is 2.90. The lowest BCUT2D eigenvalue weighted by Gasteiger charge is -2.31. The van der Waals surface area contributed by atoms with Crippen molar-refractivity contribution in [1.82, 2.24) is 15.2 Å². The summed E-state index contributed by atoms with van der Waals surface area (Å²) in [6.07, 6.45) is 3.40. The molecule has 0 spiro atoms. The molecule has 26 heavy (non-hydrogen) atoms. The lowest BCUT2D eigenvalue weighted by atomic mass is 9.93. The zero-order valence-corrected chi connectivity index (χ0v) is 17.7. The Balaban J connectivity index is 0.00000169. The first-order chi connectivity index (χ1) is 11.7. The van der Waals surface area contributed by atoms with Crippen molar-refractivity contribution in [2.45, 2.75) is 26.2 Å². The Morgan fingerprint density at radius 1 is 1.23 bits per heavy atom. The van der Waals surface area contributed by atoms with Crippen molar-refractivity contribution in [3.05, 3.63) is 40.9 Å². The SMILES string of the molecule is CNCCC1CCN(C(=O)c2csc(-c3ccc(C)cc3)n2)CC1.Cl.Cl. The number of nitrogens with one attached hydrogen (secondary N) is 1. The quantitative estimate of drug-likeness (QED) is 0.785. The van der Waals surface area contributed by atoms with Gasteiger partial charge in [-0.2, -0.15) is 0 Å². The first-order valence-electron chi connectivity index (χ1n) is 8.64. The number of aryl methyl sites for hydroxylation is 1. The molecule has 1 saturated heterocycles. The van der Waals surface area contributed by atoms with E-state index in [1.165, 1.54) is 12.0 Å². The van der Waals surface area contributed by atoms with E-state index in [1.807, 2.05) is 17.3 Å². The lowest BCUT2D eigenvalue weighted by Crippen LogP contribution is -2.39. The largest absolute Gasteiger partial charge is 0.337 e. The van der Waals surface area contributed by atoms with Crippen LogP contribution in [0.3, 0.4) is 0 Å². The van der Waals surface area contributed by atoms with E-state index < -0.39 is 0 Å². The van der Waals surface area contributed by atoms with E-state index in [-0.39, 0.29) is 30.7 Å². The third-order valence-corrected chi connectivity index (χ3v) is 5.62. The van der Waals surface area contributed by atoms with Gasteiger partial charge in [0.1, 0.15) is 10.7 Å². The highest BCUT2D eigenvalue weighted by Crippen LogP contribution is 2.26. The molecule has 2 aromatic rings. The number of nitrogens with zero attached hydrogens (tertiary/aromatic N) is 2. The summed E-state index contributed by atoms with van der Waals surface area (Å²) in [6, 6.07) is 8.29. The van der Waals surface area contributed by atoms with Gasteiger partial charge in [-0.15, -0.1) is 36.2 Å². The van der Waals surface area contributed by atoms with Crippen LogP contribution in [0.1, 0.15) is 35.3 Å². The standard InChI is InChI=1S/C19H25N3OS.2ClH/c1-14-3-5-16(6-4-14)18-21-17(13-24-18)19(23)22-11-8-15(9-12-22)7-10-20-2;;/h3-6,13,15,20H,7-12H2,1-2H3;2*1H. The lowest BCUT2D eigenvalue weighted by molar-refractivity contribution is 0.0682. The minimum absolute atomic E-state index is 0. The molecule has 1 N–H and O–H groups in total. The summed E-state index contributed by atoms with van der Waals surface area (Å²) < 4.78 is 0. The molecule has 2 heterocycles. The number of thiazole rings is 1. The number of carbonyl (C=O) groups excluding carboxylic acids is 1. The summed E-state index contributed by atoms with van der Waals surface area (Å²) in [5.74, 6) is 0.816. The number of halogens is 2. The van der Waals surface area contributed by atoms with E-state index in [2.05, 4.69) is 41.5 Å². The number of likely N-dealkylation sites (tertiary alicyclic amines) is 1. The van der Waals surface area contributed by atoms with Gasteiger partial charge in [0.15, 0.2) is 0 Å². The molecule has 0 saturated carbocycles. The van der Waals surface area contributed by atoms with Crippen LogP contribution in [0.2, 0.25) is 0 Å². The molecule has 0 radical (unpaired) electrons. The smallest absolute Gasteiger partial charge is 0.273 e. The van der Waals surface area contributed by atoms with E-state index in [0.29, 0.717) is 5.69 Å². The van der Waals surface area contributed by atoms with Crippen molar-refractivity contribution in [2.24, 2.45) is 5.92 Å². The molecule has 0 aliphatic carbocycles. The van der Waals surface area contributed by atoms with Crippen LogP contribution in [0.5, 0.6) is 0 Å². The topological polar surface area (TPSA) is 45.2 Å². The minimum atomic E-state index is 0. The summed E-state index contributed by atoms with van der Waals surface area (Å²) in [6.45, 7) is 4.83. The average molecular weight is 416 g/mol. The summed E-state index contributed by atoms with van der Waals surface area (Å²) >= 11 is 1.55. The molecule has 7 heteroatoms. The highest BCUT2D eigenvalue weighted by molar-refractivity contribution is 7.13. The summed E-state index contributed by atoms with van der Waals surface area (Å²) in [5, 5.41) is 6.02. The first kappa shape index (κ1) is 22.9. The molecule has 0 atom stereocenters. The van der Waals surface area contributed by atoms with Gasteiger partial charge in [0.05, 0.1) is 0 Å². The number of hydrogen-bond donors (Lipinski definition) is 1. The Hall–Kier alpha value is -1.14. The van der Waals surface area contributed by atoms with E-state index in [9.17, 15) is 4.79 Å². The van der Waals surface area contributed by atoms with Crippen LogP contribution in [-0.2, 0) is 0 Å². The minimum Gasteiger partial charge on any atom is -0.337 e. The Kier molecular flexibility index (Phi) is 9.58. The van der Waals surface area contributed by atoms with Crippen LogP contribution in [0.15, 0.2) is 29.6 Å². The maximum absolute atomic E-state index is 12.7. The number of piperidine rings is 1. The van der Waals surface area contributed by atoms with Crippen molar-refractivity contribution in [1.29, 1.82) is 0 Å². The van der Waals surface area contributed by atoms with Gasteiger partial charge < -0.3 is 10.2 Å². The molecular formula is C19H27Cl2N3OS. The van der Waals surface area contributed by atoms with E-state index in [1.54, 1.807) is 11.3 Å². The molecule has 0 unspecified atom stereocenters. The number of hydrogen-bond acceptors (Lipinski definition) is 4. The summed E-state index contributed by atoms with van der Waals surface area (Å²) in [4.78, 5) is 19.2. The average Bonchev–Trinajstić information content (AvgIpc) is 3.10. The fourth-order valence-corrected chi connectivity index (χ4v) is 3.94. The number of aromatic nitrogens is 1. The van der Waals surface area contributed by atoms with Gasteiger partial charge in [-0.25, -0.2) is 4.98 Å². The van der Waals surface area contributed by atoms with Crippen molar-refractivity contribution < 1.29 is 4.79 Å². The third-order valence-electron chi connectivity index (χ3n) is 4.73. The Labute approximate surface area is 172 Å². The van der Waals surface area contributed by atoms with Gasteiger partial charge in [-0.1, -0.05) is 29.8 Å². The van der Waals surface area contributed by atoms with Crippen LogP contribution in [-0.4, -0.2) is 42.5 Å². The molecule has 0 bridgehead atoms. The highest BCUT2D eigenvalue weighted by Gasteiger charge is 2.24. The molecule has 144 valence electrons. The Morgan fingerprint density at radius 3 is 2.50 bits per heavy atom. The molecule has 1 aliphatic rings. The molecule has 4 nitrogen and oxygen atoms in total. The van der Waals surface area contributed by atoms with E-state index in [0.717, 1.165) is 49.0 Å². The van der Waals surface area contributed by atoms with Crippen molar-refractivity contribution in [3.8, 4) is 10.6 Å². The molecule has 1 aliphatic heterocycles. The molecule has 1 aromatic heterocycles. The molecule has 3 rings (SSSR count). The van der Waals surface area contributed by atoms with Crippen LogP contribution in [0, 0.1) is 12.8 Å². The van der Waals surface area contributed by atoms with Crippen molar-refractivity contribution in [3.63, 3.8) is 0 Å². The second kappa shape index (κ2) is 10.9. The second-order valence-electron chi connectivity index (χ2n) is 6.53. The van der Waals surface area contributed by atoms with Gasteiger partial charge in [0, 0.05) is 24.0 Å². The molecule has 1 amide bonds. The predicted molar refractivity (Wildman–Crippen MR) is 114 cm³/mol. The monoisotopic (exact) mass is 415 g/mol. The fraction of sp³-hybridized carbons (Fsp3) is 0.474. The predicted octanol–water partition coefficient (Wildman–Crippen LogP) is 4.42. The first-order valence-corrected chi connectivity index (χ1v) is 9.52.